The summed E-state index contributed by atoms with van der Waals surface area (Å²) in [4.78, 5) is 12.1. The first-order valence-corrected chi connectivity index (χ1v) is 9.57. The lowest BCUT2D eigenvalue weighted by atomic mass is 9.98. The predicted molar refractivity (Wildman–Crippen MR) is 99.2 cm³/mol. The summed E-state index contributed by atoms with van der Waals surface area (Å²) < 4.78 is 46.3. The number of rotatable bonds is 5. The molecular weight excluding hydrogens is 421 g/mol. The van der Waals surface area contributed by atoms with Crippen LogP contribution in [0.3, 0.4) is 0 Å². The molecule has 162 valence electrons. The van der Waals surface area contributed by atoms with Crippen molar-refractivity contribution in [2.24, 2.45) is 0 Å². The van der Waals surface area contributed by atoms with Gasteiger partial charge in [-0.2, -0.15) is 0 Å². The number of nitrogens with two attached hydrogens (primary N) is 1. The van der Waals surface area contributed by atoms with Gasteiger partial charge in [-0.1, -0.05) is 48.5 Å². The number of benzene rings is 2. The topological polar surface area (TPSA) is 64.2 Å². The summed E-state index contributed by atoms with van der Waals surface area (Å²) in [6.45, 7) is 0.652. The van der Waals surface area contributed by atoms with Crippen LogP contribution in [0.25, 0.3) is 11.1 Å². The SMILES string of the molecule is O=C(NC[C@@H]1C[C@@H](OC(F)(F)F)C[NH2+]1)OCC1c2ccccc2-c2ccccc21.[Cl-]. The van der Waals surface area contributed by atoms with Crippen LogP contribution in [0.5, 0.6) is 0 Å². The normalized spacial score (nSPS) is 20.2. The van der Waals surface area contributed by atoms with Gasteiger partial charge in [0.05, 0.1) is 6.54 Å². The Balaban J connectivity index is 0.00000256. The van der Waals surface area contributed by atoms with Crippen LogP contribution < -0.4 is 23.0 Å². The summed E-state index contributed by atoms with van der Waals surface area (Å²) >= 11 is 0. The number of hydrogen-bond donors (Lipinski definition) is 2. The highest BCUT2D eigenvalue weighted by atomic mass is 35.5. The number of alkyl carbamates (subject to hydrolysis) is 1. The Kier molecular flexibility index (Phi) is 6.90. The second-order valence-electron chi connectivity index (χ2n) is 7.36. The van der Waals surface area contributed by atoms with Crippen molar-refractivity contribution in [3.8, 4) is 11.1 Å². The van der Waals surface area contributed by atoms with Gasteiger partial charge in [-0.25, -0.2) is 4.79 Å². The van der Waals surface area contributed by atoms with Crippen LogP contribution in [-0.2, 0) is 9.47 Å². The van der Waals surface area contributed by atoms with E-state index in [1.807, 2.05) is 36.4 Å². The minimum absolute atomic E-state index is 0. The predicted octanol–water partition coefficient (Wildman–Crippen LogP) is -0.230. The van der Waals surface area contributed by atoms with E-state index >= 15 is 0 Å². The Hall–Kier alpha value is -2.29. The van der Waals surface area contributed by atoms with Crippen molar-refractivity contribution in [2.75, 3.05) is 19.7 Å². The number of alkyl halides is 3. The van der Waals surface area contributed by atoms with Crippen molar-refractivity contribution < 1.29 is 45.2 Å². The lowest BCUT2D eigenvalue weighted by Gasteiger charge is -2.15. The van der Waals surface area contributed by atoms with Gasteiger partial charge in [0, 0.05) is 12.3 Å². The molecule has 2 aliphatic rings. The molecule has 0 unspecified atom stereocenters. The molecule has 1 fully saturated rings. The maximum Gasteiger partial charge on any atom is 0.522 e. The van der Waals surface area contributed by atoms with E-state index in [9.17, 15) is 18.0 Å². The van der Waals surface area contributed by atoms with E-state index in [4.69, 9.17) is 4.74 Å². The number of amides is 1. The molecular formula is C21H22ClF3N2O3. The summed E-state index contributed by atoms with van der Waals surface area (Å²) in [6, 6.07) is 15.9. The highest BCUT2D eigenvalue weighted by Gasteiger charge is 2.39. The lowest BCUT2D eigenvalue weighted by Crippen LogP contribution is -3.00. The van der Waals surface area contributed by atoms with E-state index in [2.05, 4.69) is 22.2 Å². The fourth-order valence-electron chi connectivity index (χ4n) is 4.19. The first kappa shape index (κ1) is 22.4. The third-order valence-electron chi connectivity index (χ3n) is 5.45. The molecule has 1 saturated heterocycles. The van der Waals surface area contributed by atoms with E-state index in [0.717, 1.165) is 22.3 Å². The van der Waals surface area contributed by atoms with Crippen LogP contribution in [0.15, 0.2) is 48.5 Å². The van der Waals surface area contributed by atoms with E-state index in [-0.39, 0.29) is 50.5 Å². The van der Waals surface area contributed by atoms with Crippen LogP contribution in [-0.4, -0.2) is 44.3 Å². The van der Waals surface area contributed by atoms with Crippen molar-refractivity contribution in [2.45, 2.75) is 30.8 Å². The van der Waals surface area contributed by atoms with Crippen molar-refractivity contribution in [1.82, 2.24) is 5.32 Å². The van der Waals surface area contributed by atoms with Crippen molar-refractivity contribution >= 4 is 6.09 Å². The van der Waals surface area contributed by atoms with E-state index in [1.54, 1.807) is 5.32 Å². The lowest BCUT2D eigenvalue weighted by molar-refractivity contribution is -0.671. The number of nitrogens with one attached hydrogen (secondary N) is 1. The van der Waals surface area contributed by atoms with Crippen LogP contribution in [0.4, 0.5) is 18.0 Å². The molecule has 4 rings (SSSR count). The van der Waals surface area contributed by atoms with Crippen LogP contribution in [0.2, 0.25) is 0 Å². The first-order valence-electron chi connectivity index (χ1n) is 9.57. The molecule has 0 aromatic heterocycles. The summed E-state index contributed by atoms with van der Waals surface area (Å²) in [5, 5.41) is 4.40. The van der Waals surface area contributed by atoms with E-state index < -0.39 is 18.6 Å². The number of ether oxygens (including phenoxy) is 2. The van der Waals surface area contributed by atoms with Crippen molar-refractivity contribution in [3.05, 3.63) is 59.7 Å². The standard InChI is InChI=1S/C21H21F3N2O3.ClH/c22-21(23,24)29-14-9-13(25-11-14)10-26-20(27)28-12-19-17-7-3-1-5-15(17)16-6-2-4-8-18(16)19;/h1-8,13-14,19,25H,9-12H2,(H,26,27);1H/t13-,14+;/m0./s1. The summed E-state index contributed by atoms with van der Waals surface area (Å²) in [6.07, 6.45) is -5.86. The molecule has 9 heteroatoms. The Morgan fingerprint density at radius 3 is 2.27 bits per heavy atom. The summed E-state index contributed by atoms with van der Waals surface area (Å²) in [5.74, 6) is -0.0317. The van der Waals surface area contributed by atoms with Gasteiger partial charge in [-0.3, -0.25) is 4.74 Å². The zero-order chi connectivity index (χ0) is 20.4. The Bertz CT molecular complexity index is 848. The quantitative estimate of drug-likeness (QED) is 0.672. The molecule has 0 spiro atoms. The number of fused-ring (bicyclic) bond motifs is 3. The fourth-order valence-corrected chi connectivity index (χ4v) is 4.19. The van der Waals surface area contributed by atoms with Gasteiger partial charge in [0.25, 0.3) is 0 Å². The highest BCUT2D eigenvalue weighted by Crippen LogP contribution is 2.44. The Labute approximate surface area is 178 Å². The molecule has 5 nitrogen and oxygen atoms in total. The fraction of sp³-hybridized carbons (Fsp3) is 0.381. The van der Waals surface area contributed by atoms with Crippen LogP contribution in [0.1, 0.15) is 23.5 Å². The molecule has 0 saturated carbocycles. The van der Waals surface area contributed by atoms with Crippen molar-refractivity contribution in [3.63, 3.8) is 0 Å². The van der Waals surface area contributed by atoms with Gasteiger partial charge in [0.15, 0.2) is 0 Å². The maximum atomic E-state index is 12.3. The van der Waals surface area contributed by atoms with Crippen LogP contribution >= 0.6 is 0 Å². The van der Waals surface area contributed by atoms with Gasteiger partial charge in [0.2, 0.25) is 0 Å². The zero-order valence-electron chi connectivity index (χ0n) is 16.0. The number of halogens is 4. The number of hydrogen-bond acceptors (Lipinski definition) is 3. The molecule has 3 N–H and O–H groups in total. The largest absolute Gasteiger partial charge is 1.00 e. The monoisotopic (exact) mass is 442 g/mol. The number of quaternary nitrogens is 1. The Morgan fingerprint density at radius 1 is 1.07 bits per heavy atom. The molecule has 2 aromatic carbocycles. The van der Waals surface area contributed by atoms with Crippen molar-refractivity contribution in [1.29, 1.82) is 0 Å². The molecule has 0 bridgehead atoms. The highest BCUT2D eigenvalue weighted by molar-refractivity contribution is 5.79. The van der Waals surface area contributed by atoms with Gasteiger partial charge in [-0.15, -0.1) is 13.2 Å². The Morgan fingerprint density at radius 2 is 1.67 bits per heavy atom. The number of carbonyl (C=O) groups is 1. The average molecular weight is 443 g/mol. The smallest absolute Gasteiger partial charge is 0.522 e. The molecule has 2 aromatic rings. The van der Waals surface area contributed by atoms with Gasteiger partial charge >= 0.3 is 12.5 Å². The molecule has 1 aliphatic carbocycles. The first-order chi connectivity index (χ1) is 13.9. The van der Waals surface area contributed by atoms with Gasteiger partial charge < -0.3 is 27.8 Å². The summed E-state index contributed by atoms with van der Waals surface area (Å²) in [5.41, 5.74) is 4.54. The molecule has 30 heavy (non-hydrogen) atoms. The third kappa shape index (κ3) is 5.06. The van der Waals surface area contributed by atoms with Crippen LogP contribution in [0, 0.1) is 0 Å². The van der Waals surface area contributed by atoms with Gasteiger partial charge in [0.1, 0.15) is 25.3 Å². The molecule has 0 radical (unpaired) electrons. The molecule has 2 atom stereocenters. The number of carbonyl (C=O) groups excluding carboxylic acids is 1. The minimum Gasteiger partial charge on any atom is -1.00 e. The molecule has 1 heterocycles. The van der Waals surface area contributed by atoms with Gasteiger partial charge in [-0.05, 0) is 22.3 Å². The average Bonchev–Trinajstić information content (AvgIpc) is 3.25. The second kappa shape index (κ2) is 9.24. The van der Waals surface area contributed by atoms with E-state index in [0.29, 0.717) is 0 Å². The molecule has 1 amide bonds. The third-order valence-corrected chi connectivity index (χ3v) is 5.45. The summed E-state index contributed by atoms with van der Waals surface area (Å²) in [7, 11) is 0. The molecule has 1 aliphatic heterocycles. The second-order valence-corrected chi connectivity index (χ2v) is 7.36. The maximum absolute atomic E-state index is 12.3. The van der Waals surface area contributed by atoms with E-state index in [1.165, 1.54) is 0 Å². The zero-order valence-corrected chi connectivity index (χ0v) is 16.7. The minimum atomic E-state index is -4.63.